The summed E-state index contributed by atoms with van der Waals surface area (Å²) in [6.45, 7) is 1.91. The number of fused-ring (bicyclic) bond motifs is 1. The van der Waals surface area contributed by atoms with Crippen molar-refractivity contribution in [2.75, 3.05) is 12.0 Å². The second-order valence-electron chi connectivity index (χ2n) is 8.35. The number of carbonyl (C=O) groups excluding carboxylic acids is 3. The lowest BCUT2D eigenvalue weighted by atomic mass is 9.91. The van der Waals surface area contributed by atoms with Gasteiger partial charge in [-0.15, -0.1) is 0 Å². The molecule has 2 heterocycles. The van der Waals surface area contributed by atoms with E-state index in [1.807, 2.05) is 6.92 Å². The van der Waals surface area contributed by atoms with Crippen molar-refractivity contribution >= 4 is 23.4 Å². The zero-order valence-electron chi connectivity index (χ0n) is 18.6. The number of aryl methyl sites for hydroxylation is 1. The first-order valence-corrected chi connectivity index (χ1v) is 10.8. The number of amides is 3. The van der Waals surface area contributed by atoms with Crippen molar-refractivity contribution in [1.29, 1.82) is 0 Å². The van der Waals surface area contributed by atoms with E-state index in [1.54, 1.807) is 60.7 Å². The van der Waals surface area contributed by atoms with Gasteiger partial charge >= 0.3 is 0 Å². The van der Waals surface area contributed by atoms with E-state index < -0.39 is 41.5 Å². The van der Waals surface area contributed by atoms with Crippen LogP contribution in [0, 0.1) is 18.7 Å². The molecule has 0 radical (unpaired) electrons. The number of hydrogen-bond donors (Lipinski definition) is 1. The second-order valence-corrected chi connectivity index (χ2v) is 8.35. The van der Waals surface area contributed by atoms with Gasteiger partial charge in [-0.25, -0.2) is 14.7 Å². The molecule has 0 aliphatic carbocycles. The van der Waals surface area contributed by atoms with E-state index >= 15 is 0 Å². The Balaban J connectivity index is 1.59. The number of ether oxygens (including phenoxy) is 1. The predicted octanol–water partition coefficient (Wildman–Crippen LogP) is 3.40. The number of imide groups is 1. The SMILES string of the molecule is COc1ccccc1N1C(=O)[C@H]2[C@@H](C1=O)N(C(=O)c1ccc(C)cc1)N[C@H]2c1ccc(F)cc1. The second kappa shape index (κ2) is 8.39. The molecule has 7 nitrogen and oxygen atoms in total. The van der Waals surface area contributed by atoms with Gasteiger partial charge in [0.25, 0.3) is 11.8 Å². The van der Waals surface area contributed by atoms with Crippen LogP contribution in [0.5, 0.6) is 5.75 Å². The number of benzene rings is 3. The molecular weight excluding hydrogens is 437 g/mol. The van der Waals surface area contributed by atoms with Gasteiger partial charge in [0.1, 0.15) is 17.6 Å². The molecule has 3 atom stereocenters. The maximum atomic E-state index is 13.7. The average Bonchev–Trinajstić information content (AvgIpc) is 3.36. The molecule has 2 saturated heterocycles. The molecule has 172 valence electrons. The highest BCUT2D eigenvalue weighted by Gasteiger charge is 2.60. The van der Waals surface area contributed by atoms with Crippen molar-refractivity contribution in [3.8, 4) is 5.75 Å². The number of carbonyl (C=O) groups is 3. The van der Waals surface area contributed by atoms with E-state index in [9.17, 15) is 18.8 Å². The Hall–Kier alpha value is -4.04. The molecule has 0 aromatic heterocycles. The summed E-state index contributed by atoms with van der Waals surface area (Å²) in [5.41, 5.74) is 5.35. The summed E-state index contributed by atoms with van der Waals surface area (Å²) in [6.07, 6.45) is 0. The van der Waals surface area contributed by atoms with Gasteiger partial charge in [0.05, 0.1) is 24.8 Å². The molecule has 2 fully saturated rings. The van der Waals surface area contributed by atoms with Crippen LogP contribution in [-0.4, -0.2) is 35.9 Å². The largest absolute Gasteiger partial charge is 0.495 e. The molecule has 0 unspecified atom stereocenters. The van der Waals surface area contributed by atoms with Crippen LogP contribution >= 0.6 is 0 Å². The Morgan fingerprint density at radius 3 is 2.29 bits per heavy atom. The Morgan fingerprint density at radius 2 is 1.62 bits per heavy atom. The molecule has 8 heteroatoms. The van der Waals surface area contributed by atoms with Gasteiger partial charge in [0.15, 0.2) is 0 Å². The molecule has 0 spiro atoms. The Bertz CT molecular complexity index is 1280. The predicted molar refractivity (Wildman–Crippen MR) is 122 cm³/mol. The van der Waals surface area contributed by atoms with E-state index in [0.717, 1.165) is 10.5 Å². The van der Waals surface area contributed by atoms with Crippen molar-refractivity contribution in [1.82, 2.24) is 10.4 Å². The van der Waals surface area contributed by atoms with Crippen molar-refractivity contribution in [2.24, 2.45) is 5.92 Å². The third-order valence-corrected chi connectivity index (χ3v) is 6.31. The number of hydrogen-bond acceptors (Lipinski definition) is 5. The van der Waals surface area contributed by atoms with Crippen molar-refractivity contribution in [3.63, 3.8) is 0 Å². The first-order chi connectivity index (χ1) is 16.4. The number of nitrogens with one attached hydrogen (secondary N) is 1. The number of anilines is 1. The summed E-state index contributed by atoms with van der Waals surface area (Å²) in [7, 11) is 1.46. The fraction of sp³-hybridized carbons (Fsp3) is 0.192. The van der Waals surface area contributed by atoms with Crippen LogP contribution in [0.3, 0.4) is 0 Å². The van der Waals surface area contributed by atoms with Gasteiger partial charge in [-0.1, -0.05) is 42.0 Å². The van der Waals surface area contributed by atoms with E-state index in [1.165, 1.54) is 24.3 Å². The highest BCUT2D eigenvalue weighted by molar-refractivity contribution is 6.25. The summed E-state index contributed by atoms with van der Waals surface area (Å²) in [5, 5.41) is 1.24. The molecule has 3 aromatic carbocycles. The van der Waals surface area contributed by atoms with Crippen molar-refractivity contribution in [3.05, 3.63) is 95.3 Å². The van der Waals surface area contributed by atoms with Crippen LogP contribution < -0.4 is 15.1 Å². The maximum absolute atomic E-state index is 13.7. The van der Waals surface area contributed by atoms with Crippen molar-refractivity contribution in [2.45, 2.75) is 19.0 Å². The van der Waals surface area contributed by atoms with Gasteiger partial charge in [-0.05, 0) is 48.9 Å². The van der Waals surface area contributed by atoms with Gasteiger partial charge in [0.2, 0.25) is 5.91 Å². The van der Waals surface area contributed by atoms with Crippen LogP contribution in [0.1, 0.15) is 27.5 Å². The van der Waals surface area contributed by atoms with E-state index in [0.29, 0.717) is 22.6 Å². The third kappa shape index (κ3) is 3.43. The van der Waals surface area contributed by atoms with Crippen LogP contribution in [0.25, 0.3) is 0 Å². The van der Waals surface area contributed by atoms with Crippen LogP contribution in [0.15, 0.2) is 72.8 Å². The summed E-state index contributed by atoms with van der Waals surface area (Å²) < 4.78 is 18.9. The van der Waals surface area contributed by atoms with E-state index in [4.69, 9.17) is 4.74 Å². The molecule has 5 rings (SSSR count). The number of para-hydroxylation sites is 2. The summed E-state index contributed by atoms with van der Waals surface area (Å²) >= 11 is 0. The van der Waals surface area contributed by atoms with Gasteiger partial charge in [0, 0.05) is 5.56 Å². The summed E-state index contributed by atoms with van der Waals surface area (Å²) in [4.78, 5) is 41.8. The first kappa shape index (κ1) is 21.8. The molecule has 3 amide bonds. The molecule has 34 heavy (non-hydrogen) atoms. The van der Waals surface area contributed by atoms with Crippen LogP contribution in [0.4, 0.5) is 10.1 Å². The van der Waals surface area contributed by atoms with Gasteiger partial charge in [-0.3, -0.25) is 19.4 Å². The topological polar surface area (TPSA) is 79.0 Å². The lowest BCUT2D eigenvalue weighted by molar-refractivity contribution is -0.123. The van der Waals surface area contributed by atoms with E-state index in [-0.39, 0.29) is 0 Å². The minimum absolute atomic E-state index is 0.315. The lowest BCUT2D eigenvalue weighted by Crippen LogP contribution is -2.48. The van der Waals surface area contributed by atoms with Crippen LogP contribution in [0.2, 0.25) is 0 Å². The molecule has 2 aliphatic rings. The summed E-state index contributed by atoms with van der Waals surface area (Å²) in [5.74, 6) is -2.36. The molecule has 0 saturated carbocycles. The standard InChI is InChI=1S/C26H22FN3O4/c1-15-7-9-17(10-8-15)24(31)30-23-21(22(28-30)16-11-13-18(27)14-12-16)25(32)29(26(23)33)19-5-3-4-6-20(19)34-2/h3-14,21-23,28H,1-2H3/t21-,22+,23+/m1/s1. The minimum Gasteiger partial charge on any atom is -0.495 e. The number of hydrazine groups is 1. The lowest BCUT2D eigenvalue weighted by Gasteiger charge is -2.25. The third-order valence-electron chi connectivity index (χ3n) is 6.31. The monoisotopic (exact) mass is 459 g/mol. The molecule has 0 bridgehead atoms. The zero-order valence-corrected chi connectivity index (χ0v) is 18.6. The smallest absolute Gasteiger partial charge is 0.268 e. The fourth-order valence-electron chi connectivity index (χ4n) is 4.61. The Morgan fingerprint density at radius 1 is 0.941 bits per heavy atom. The molecule has 3 aromatic rings. The van der Waals surface area contributed by atoms with Gasteiger partial charge in [-0.2, -0.15) is 0 Å². The quantitative estimate of drug-likeness (QED) is 0.605. The minimum atomic E-state index is -1.07. The fourth-order valence-corrected chi connectivity index (χ4v) is 4.61. The Kier molecular flexibility index (Phi) is 5.37. The molecule has 1 N–H and O–H groups in total. The molecule has 2 aliphatic heterocycles. The maximum Gasteiger partial charge on any atom is 0.268 e. The number of halogens is 1. The molecular formula is C26H22FN3O4. The van der Waals surface area contributed by atoms with Crippen molar-refractivity contribution < 1.29 is 23.5 Å². The number of methoxy groups -OCH3 is 1. The highest BCUT2D eigenvalue weighted by atomic mass is 19.1. The Labute approximate surface area is 195 Å². The van der Waals surface area contributed by atoms with Gasteiger partial charge < -0.3 is 4.74 Å². The first-order valence-electron chi connectivity index (χ1n) is 10.8. The average molecular weight is 459 g/mol. The summed E-state index contributed by atoms with van der Waals surface area (Å²) in [6, 6.07) is 17.6. The number of rotatable bonds is 4. The highest BCUT2D eigenvalue weighted by Crippen LogP contribution is 2.44. The number of nitrogens with zero attached hydrogens (tertiary/aromatic N) is 2. The normalized spacial score (nSPS) is 21.7. The zero-order chi connectivity index (χ0) is 24.0. The van der Waals surface area contributed by atoms with Crippen LogP contribution in [-0.2, 0) is 9.59 Å². The van der Waals surface area contributed by atoms with E-state index in [2.05, 4.69) is 5.43 Å².